The lowest BCUT2D eigenvalue weighted by atomic mass is 9.99. The van der Waals surface area contributed by atoms with Gasteiger partial charge in [0.25, 0.3) is 0 Å². The zero-order chi connectivity index (χ0) is 10.6. The number of hydrogen-bond acceptors (Lipinski definition) is 2. The van der Waals surface area contributed by atoms with E-state index in [1.165, 1.54) is 32.2 Å². The fraction of sp³-hybridized carbons (Fsp3) is 1.00. The normalized spacial score (nSPS) is 29.6. The van der Waals surface area contributed by atoms with Crippen LogP contribution >= 0.6 is 0 Å². The lowest BCUT2D eigenvalue weighted by Gasteiger charge is -2.34. The highest BCUT2D eigenvalue weighted by Gasteiger charge is 2.24. The second-order valence-corrected chi connectivity index (χ2v) is 5.18. The Morgan fingerprint density at radius 3 is 2.71 bits per heavy atom. The van der Waals surface area contributed by atoms with E-state index < -0.39 is 0 Å². The largest absolute Gasteiger partial charge is 0.324 e. The molecule has 1 rings (SSSR count). The molecule has 1 heterocycles. The summed E-state index contributed by atoms with van der Waals surface area (Å²) >= 11 is 0. The van der Waals surface area contributed by atoms with E-state index >= 15 is 0 Å². The summed E-state index contributed by atoms with van der Waals surface area (Å²) in [6.07, 6.45) is 6.56. The van der Waals surface area contributed by atoms with Crippen molar-refractivity contribution < 1.29 is 0 Å². The topological polar surface area (TPSA) is 29.3 Å². The lowest BCUT2D eigenvalue weighted by Crippen LogP contribution is -2.49. The minimum Gasteiger partial charge on any atom is -0.324 e. The van der Waals surface area contributed by atoms with E-state index in [-0.39, 0.29) is 5.54 Å². The maximum atomic E-state index is 6.22. The predicted octanol–water partition coefficient (Wildman–Crippen LogP) is 2.38. The maximum absolute atomic E-state index is 6.22. The predicted molar refractivity (Wildman–Crippen MR) is 62.4 cm³/mol. The molecule has 84 valence electrons. The van der Waals surface area contributed by atoms with Gasteiger partial charge in [0, 0.05) is 18.1 Å². The van der Waals surface area contributed by atoms with Crippen LogP contribution in [0.15, 0.2) is 0 Å². The number of hydrogen-bond donors (Lipinski definition) is 1. The van der Waals surface area contributed by atoms with Gasteiger partial charge in [-0.05, 0) is 39.7 Å². The van der Waals surface area contributed by atoms with Crippen LogP contribution in [0.3, 0.4) is 0 Å². The summed E-state index contributed by atoms with van der Waals surface area (Å²) < 4.78 is 0. The summed E-state index contributed by atoms with van der Waals surface area (Å²) in [5.74, 6) is 0. The van der Waals surface area contributed by atoms with Gasteiger partial charge in [-0.25, -0.2) is 0 Å². The van der Waals surface area contributed by atoms with Crippen molar-refractivity contribution in [2.24, 2.45) is 5.73 Å². The van der Waals surface area contributed by atoms with E-state index in [0.29, 0.717) is 0 Å². The molecule has 1 aliphatic rings. The van der Waals surface area contributed by atoms with Crippen LogP contribution in [0, 0.1) is 0 Å². The van der Waals surface area contributed by atoms with Crippen molar-refractivity contribution in [1.82, 2.24) is 4.90 Å². The molecular weight excluding hydrogens is 172 g/mol. The summed E-state index contributed by atoms with van der Waals surface area (Å²) in [5.41, 5.74) is 6.22. The molecule has 0 amide bonds. The van der Waals surface area contributed by atoms with Gasteiger partial charge in [-0.3, -0.25) is 4.90 Å². The monoisotopic (exact) mass is 198 g/mol. The van der Waals surface area contributed by atoms with Gasteiger partial charge < -0.3 is 5.73 Å². The smallest absolute Gasteiger partial charge is 0.0252 e. The Bertz CT molecular complexity index is 166. The molecule has 14 heavy (non-hydrogen) atoms. The average molecular weight is 198 g/mol. The van der Waals surface area contributed by atoms with Gasteiger partial charge in [-0.15, -0.1) is 0 Å². The number of rotatable bonds is 3. The van der Waals surface area contributed by atoms with Crippen LogP contribution < -0.4 is 5.73 Å². The van der Waals surface area contributed by atoms with E-state index in [1.54, 1.807) is 0 Å². The Kier molecular flexibility index (Phi) is 4.39. The molecule has 0 radical (unpaired) electrons. The van der Waals surface area contributed by atoms with Gasteiger partial charge in [-0.2, -0.15) is 0 Å². The van der Waals surface area contributed by atoms with Crippen LogP contribution in [-0.4, -0.2) is 29.6 Å². The van der Waals surface area contributed by atoms with Gasteiger partial charge in [0.05, 0.1) is 0 Å². The molecule has 2 unspecified atom stereocenters. The first-order chi connectivity index (χ1) is 6.55. The number of nitrogens with zero attached hydrogens (tertiary/aromatic N) is 1. The third-order valence-corrected chi connectivity index (χ3v) is 3.56. The van der Waals surface area contributed by atoms with Crippen LogP contribution in [0.1, 0.15) is 52.9 Å². The Morgan fingerprint density at radius 2 is 2.07 bits per heavy atom. The molecule has 0 aromatic heterocycles. The summed E-state index contributed by atoms with van der Waals surface area (Å²) in [7, 11) is 0. The third kappa shape index (κ3) is 3.58. The number of nitrogens with two attached hydrogens (primary N) is 1. The molecule has 0 aromatic rings. The molecule has 0 aromatic carbocycles. The van der Waals surface area contributed by atoms with Crippen LogP contribution in [0.2, 0.25) is 0 Å². The fourth-order valence-electron chi connectivity index (χ4n) is 2.15. The van der Waals surface area contributed by atoms with Crippen molar-refractivity contribution in [3.63, 3.8) is 0 Å². The van der Waals surface area contributed by atoms with Crippen molar-refractivity contribution in [3.05, 3.63) is 0 Å². The van der Waals surface area contributed by atoms with Gasteiger partial charge in [0.2, 0.25) is 0 Å². The average Bonchev–Trinajstić information content (AvgIpc) is 2.32. The van der Waals surface area contributed by atoms with Crippen molar-refractivity contribution >= 4 is 0 Å². The van der Waals surface area contributed by atoms with E-state index in [4.69, 9.17) is 5.73 Å². The molecule has 1 aliphatic heterocycles. The first kappa shape index (κ1) is 12.0. The van der Waals surface area contributed by atoms with Gasteiger partial charge in [0.1, 0.15) is 0 Å². The van der Waals surface area contributed by atoms with Crippen molar-refractivity contribution in [2.45, 2.75) is 64.5 Å². The minimum absolute atomic E-state index is 0.00139. The van der Waals surface area contributed by atoms with Crippen molar-refractivity contribution in [3.8, 4) is 0 Å². The zero-order valence-electron chi connectivity index (χ0n) is 10.1. The fourth-order valence-corrected chi connectivity index (χ4v) is 2.15. The molecule has 2 atom stereocenters. The Hall–Kier alpha value is -0.0800. The second kappa shape index (κ2) is 5.13. The van der Waals surface area contributed by atoms with E-state index in [9.17, 15) is 0 Å². The second-order valence-electron chi connectivity index (χ2n) is 5.18. The highest BCUT2D eigenvalue weighted by atomic mass is 15.2. The molecule has 2 N–H and O–H groups in total. The molecule has 0 aliphatic carbocycles. The molecule has 1 fully saturated rings. The minimum atomic E-state index is -0.00139. The van der Waals surface area contributed by atoms with Crippen LogP contribution in [0.4, 0.5) is 0 Å². The molecule has 0 saturated carbocycles. The Morgan fingerprint density at radius 1 is 1.36 bits per heavy atom. The van der Waals surface area contributed by atoms with Gasteiger partial charge >= 0.3 is 0 Å². The van der Waals surface area contributed by atoms with Crippen LogP contribution in [0.25, 0.3) is 0 Å². The first-order valence-electron chi connectivity index (χ1n) is 6.08. The summed E-state index contributed by atoms with van der Waals surface area (Å²) in [6, 6.07) is 0.729. The van der Waals surface area contributed by atoms with Crippen LogP contribution in [-0.2, 0) is 0 Å². The van der Waals surface area contributed by atoms with E-state index in [1.807, 2.05) is 0 Å². The molecule has 1 saturated heterocycles. The van der Waals surface area contributed by atoms with Crippen molar-refractivity contribution in [1.29, 1.82) is 0 Å². The summed E-state index contributed by atoms with van der Waals surface area (Å²) in [6.45, 7) is 9.00. The molecule has 0 bridgehead atoms. The zero-order valence-corrected chi connectivity index (χ0v) is 10.1. The van der Waals surface area contributed by atoms with E-state index in [0.717, 1.165) is 19.0 Å². The molecular formula is C12H26N2. The quantitative estimate of drug-likeness (QED) is 0.754. The summed E-state index contributed by atoms with van der Waals surface area (Å²) in [4.78, 5) is 2.58. The Labute approximate surface area is 88.8 Å². The molecule has 0 spiro atoms. The highest BCUT2D eigenvalue weighted by molar-refractivity contribution is 4.84. The molecule has 2 heteroatoms. The highest BCUT2D eigenvalue weighted by Crippen LogP contribution is 2.19. The number of likely N-dealkylation sites (tertiary alicyclic amines) is 1. The van der Waals surface area contributed by atoms with Gasteiger partial charge in [0.15, 0.2) is 0 Å². The molecule has 2 nitrogen and oxygen atoms in total. The lowest BCUT2D eigenvalue weighted by molar-refractivity contribution is 0.168. The standard InChI is InChI=1S/C12H26N2/c1-4-12(3,13)10-14-9-7-5-6-8-11(14)2/h11H,4-10,13H2,1-3H3. The van der Waals surface area contributed by atoms with Crippen molar-refractivity contribution in [2.75, 3.05) is 13.1 Å². The van der Waals surface area contributed by atoms with E-state index in [2.05, 4.69) is 25.7 Å². The maximum Gasteiger partial charge on any atom is 0.0252 e. The Balaban J connectivity index is 2.48. The summed E-state index contributed by atoms with van der Waals surface area (Å²) in [5, 5.41) is 0. The first-order valence-corrected chi connectivity index (χ1v) is 6.08. The third-order valence-electron chi connectivity index (χ3n) is 3.56. The van der Waals surface area contributed by atoms with Crippen LogP contribution in [0.5, 0.6) is 0 Å². The van der Waals surface area contributed by atoms with Gasteiger partial charge in [-0.1, -0.05) is 19.8 Å². The SMILES string of the molecule is CCC(C)(N)CN1CCCCCC1C.